The minimum Gasteiger partial charge on any atom is -0.494 e. The highest BCUT2D eigenvalue weighted by Gasteiger charge is 1.99. The second-order valence-corrected chi connectivity index (χ2v) is 7.35. The molecule has 0 fully saturated rings. The second-order valence-electron chi connectivity index (χ2n) is 6.92. The van der Waals surface area contributed by atoms with Gasteiger partial charge in [0.25, 0.3) is 0 Å². The molecule has 4 aromatic rings. The molecule has 3 heteroatoms. The van der Waals surface area contributed by atoms with Crippen LogP contribution >= 0.6 is 11.6 Å². The van der Waals surface area contributed by atoms with Crippen molar-refractivity contribution in [3.8, 4) is 5.75 Å². The Hall–Kier alpha value is -3.10. The number of aromatic nitrogens is 1. The molecule has 29 heavy (non-hydrogen) atoms. The summed E-state index contributed by atoms with van der Waals surface area (Å²) in [7, 11) is 0. The third kappa shape index (κ3) is 5.46. The molecule has 0 unspecified atom stereocenters. The van der Waals surface area contributed by atoms with Crippen LogP contribution in [0.15, 0.2) is 84.9 Å². The molecule has 0 atom stereocenters. The molecule has 1 heterocycles. The summed E-state index contributed by atoms with van der Waals surface area (Å²) in [5.41, 5.74) is 4.22. The molecule has 4 rings (SSSR count). The summed E-state index contributed by atoms with van der Waals surface area (Å²) < 4.78 is 5.93. The number of aryl methyl sites for hydroxylation is 1. The molecule has 0 aliphatic heterocycles. The monoisotopic (exact) mass is 399 g/mol. The van der Waals surface area contributed by atoms with Crippen LogP contribution in [0.25, 0.3) is 23.1 Å². The number of hydrogen-bond acceptors (Lipinski definition) is 2. The average Bonchev–Trinajstić information content (AvgIpc) is 2.76. The quantitative estimate of drug-likeness (QED) is 0.310. The van der Waals surface area contributed by atoms with E-state index < -0.39 is 0 Å². The Balaban J connectivity index is 1.37. The number of nitrogens with zero attached hydrogens (tertiary/aromatic N) is 1. The SMILES string of the molecule is Clc1ccc2ccc(/C=C/c3cccc(OCCCc4ccccc4)c3)nc2c1. The van der Waals surface area contributed by atoms with Crippen molar-refractivity contribution in [1.29, 1.82) is 0 Å². The molecule has 0 saturated carbocycles. The number of benzene rings is 3. The summed E-state index contributed by atoms with van der Waals surface area (Å²) in [5, 5.41) is 1.78. The van der Waals surface area contributed by atoms with Crippen molar-refractivity contribution in [2.24, 2.45) is 0 Å². The zero-order chi connectivity index (χ0) is 19.9. The first-order valence-electron chi connectivity index (χ1n) is 9.77. The molecular weight excluding hydrogens is 378 g/mol. The topological polar surface area (TPSA) is 22.1 Å². The summed E-state index contributed by atoms with van der Waals surface area (Å²) in [6.45, 7) is 0.703. The van der Waals surface area contributed by atoms with Crippen LogP contribution in [0, 0.1) is 0 Å². The number of ether oxygens (including phenoxy) is 1. The van der Waals surface area contributed by atoms with Gasteiger partial charge in [-0.1, -0.05) is 72.3 Å². The maximum Gasteiger partial charge on any atom is 0.119 e. The Labute approximate surface area is 176 Å². The minimum absolute atomic E-state index is 0.697. The van der Waals surface area contributed by atoms with Gasteiger partial charge in [-0.2, -0.15) is 0 Å². The summed E-state index contributed by atoms with van der Waals surface area (Å²) in [5.74, 6) is 0.887. The predicted molar refractivity (Wildman–Crippen MR) is 122 cm³/mol. The van der Waals surface area contributed by atoms with Gasteiger partial charge in [0.15, 0.2) is 0 Å². The van der Waals surface area contributed by atoms with Crippen molar-refractivity contribution < 1.29 is 4.74 Å². The van der Waals surface area contributed by atoms with Crippen LogP contribution in [0.4, 0.5) is 0 Å². The molecule has 3 aromatic carbocycles. The van der Waals surface area contributed by atoms with Gasteiger partial charge in [0.05, 0.1) is 17.8 Å². The summed E-state index contributed by atoms with van der Waals surface area (Å²) >= 11 is 6.08. The van der Waals surface area contributed by atoms with Crippen LogP contribution < -0.4 is 4.74 Å². The zero-order valence-corrected chi connectivity index (χ0v) is 16.8. The Morgan fingerprint density at radius 2 is 1.69 bits per heavy atom. The van der Waals surface area contributed by atoms with Gasteiger partial charge in [0.2, 0.25) is 0 Å². The second kappa shape index (κ2) is 9.40. The third-order valence-electron chi connectivity index (χ3n) is 4.70. The van der Waals surface area contributed by atoms with Crippen LogP contribution in [-0.4, -0.2) is 11.6 Å². The van der Waals surface area contributed by atoms with E-state index in [1.54, 1.807) is 0 Å². The van der Waals surface area contributed by atoms with Crippen molar-refractivity contribution in [1.82, 2.24) is 4.98 Å². The highest BCUT2D eigenvalue weighted by Crippen LogP contribution is 2.20. The van der Waals surface area contributed by atoms with Gasteiger partial charge < -0.3 is 4.74 Å². The fourth-order valence-electron chi connectivity index (χ4n) is 3.20. The Morgan fingerprint density at radius 3 is 2.59 bits per heavy atom. The van der Waals surface area contributed by atoms with Gasteiger partial charge in [-0.3, -0.25) is 0 Å². The molecule has 0 aliphatic carbocycles. The number of hydrogen-bond donors (Lipinski definition) is 0. The van der Waals surface area contributed by atoms with Crippen molar-refractivity contribution >= 4 is 34.7 Å². The van der Waals surface area contributed by atoms with Crippen LogP contribution in [0.3, 0.4) is 0 Å². The summed E-state index contributed by atoms with van der Waals surface area (Å²) in [6.07, 6.45) is 6.08. The lowest BCUT2D eigenvalue weighted by molar-refractivity contribution is 0.311. The van der Waals surface area contributed by atoms with E-state index in [1.807, 2.05) is 48.5 Å². The average molecular weight is 400 g/mol. The van der Waals surface area contributed by atoms with Gasteiger partial charge in [0.1, 0.15) is 5.75 Å². The van der Waals surface area contributed by atoms with E-state index in [9.17, 15) is 0 Å². The molecular formula is C26H22ClNO. The molecule has 1 aromatic heterocycles. The molecule has 0 amide bonds. The van der Waals surface area contributed by atoms with E-state index in [1.165, 1.54) is 5.56 Å². The van der Waals surface area contributed by atoms with Crippen LogP contribution in [-0.2, 0) is 6.42 Å². The van der Waals surface area contributed by atoms with E-state index in [0.29, 0.717) is 11.6 Å². The van der Waals surface area contributed by atoms with E-state index in [4.69, 9.17) is 16.3 Å². The molecule has 0 saturated heterocycles. The largest absolute Gasteiger partial charge is 0.494 e. The Kier molecular flexibility index (Phi) is 6.23. The van der Waals surface area contributed by atoms with Gasteiger partial charge in [-0.15, -0.1) is 0 Å². The highest BCUT2D eigenvalue weighted by atomic mass is 35.5. The maximum atomic E-state index is 6.08. The standard InChI is InChI=1S/C26H22ClNO/c27-23-14-12-22-13-16-24(28-26(22)19-23)15-11-21-8-4-10-25(18-21)29-17-5-9-20-6-2-1-3-7-20/h1-4,6-8,10-16,18-19H,5,9,17H2/b15-11+. The van der Waals surface area contributed by atoms with E-state index in [0.717, 1.165) is 40.8 Å². The lowest BCUT2D eigenvalue weighted by Gasteiger charge is -2.07. The lowest BCUT2D eigenvalue weighted by Crippen LogP contribution is -1.99. The molecule has 0 spiro atoms. The molecule has 0 radical (unpaired) electrons. The first kappa shape index (κ1) is 19.2. The molecule has 2 nitrogen and oxygen atoms in total. The smallest absolute Gasteiger partial charge is 0.119 e. The first-order valence-corrected chi connectivity index (χ1v) is 10.2. The van der Waals surface area contributed by atoms with Gasteiger partial charge in [-0.25, -0.2) is 4.98 Å². The Bertz CT molecular complexity index is 1120. The molecule has 0 N–H and O–H groups in total. The van der Waals surface area contributed by atoms with Crippen molar-refractivity contribution in [3.63, 3.8) is 0 Å². The van der Waals surface area contributed by atoms with E-state index in [2.05, 4.69) is 53.5 Å². The fourth-order valence-corrected chi connectivity index (χ4v) is 3.37. The van der Waals surface area contributed by atoms with Gasteiger partial charge >= 0.3 is 0 Å². The fraction of sp³-hybridized carbons (Fsp3) is 0.115. The predicted octanol–water partition coefficient (Wildman–Crippen LogP) is 7.07. The van der Waals surface area contributed by atoms with Crippen molar-refractivity contribution in [2.75, 3.05) is 6.61 Å². The first-order chi connectivity index (χ1) is 14.3. The zero-order valence-electron chi connectivity index (χ0n) is 16.1. The van der Waals surface area contributed by atoms with E-state index in [-0.39, 0.29) is 0 Å². The van der Waals surface area contributed by atoms with Crippen molar-refractivity contribution in [3.05, 3.63) is 107 Å². The van der Waals surface area contributed by atoms with E-state index >= 15 is 0 Å². The maximum absolute atomic E-state index is 6.08. The minimum atomic E-state index is 0.697. The molecule has 144 valence electrons. The number of rotatable bonds is 7. The number of pyridine rings is 1. The normalized spacial score (nSPS) is 11.2. The van der Waals surface area contributed by atoms with Crippen LogP contribution in [0.5, 0.6) is 5.75 Å². The number of fused-ring (bicyclic) bond motifs is 1. The van der Waals surface area contributed by atoms with Crippen LogP contribution in [0.1, 0.15) is 23.2 Å². The highest BCUT2D eigenvalue weighted by molar-refractivity contribution is 6.31. The third-order valence-corrected chi connectivity index (χ3v) is 4.94. The van der Waals surface area contributed by atoms with Crippen molar-refractivity contribution in [2.45, 2.75) is 12.8 Å². The molecule has 0 bridgehead atoms. The summed E-state index contributed by atoms with van der Waals surface area (Å²) in [6, 6.07) is 28.4. The Morgan fingerprint density at radius 1 is 0.828 bits per heavy atom. The molecule has 0 aliphatic rings. The lowest BCUT2D eigenvalue weighted by atomic mass is 10.1. The van der Waals surface area contributed by atoms with Gasteiger partial charge in [0, 0.05) is 10.4 Å². The van der Waals surface area contributed by atoms with Gasteiger partial charge in [-0.05, 0) is 60.4 Å². The summed E-state index contributed by atoms with van der Waals surface area (Å²) in [4.78, 5) is 4.66. The van der Waals surface area contributed by atoms with Crippen LogP contribution in [0.2, 0.25) is 5.02 Å². The number of halogens is 1.